The van der Waals surface area contributed by atoms with Crippen molar-refractivity contribution in [3.05, 3.63) is 69.3 Å². The smallest absolute Gasteiger partial charge is 0.335 e. The highest BCUT2D eigenvalue weighted by atomic mass is 35.5. The largest absolute Gasteiger partial charge is 0.478 e. The van der Waals surface area contributed by atoms with Crippen LogP contribution in [0.5, 0.6) is 0 Å². The molecule has 2 N–H and O–H groups in total. The normalized spacial score (nSPS) is 15.1. The molecule has 0 saturated carbocycles. The quantitative estimate of drug-likeness (QED) is 0.693. The van der Waals surface area contributed by atoms with E-state index in [1.807, 2.05) is 0 Å². The maximum absolute atomic E-state index is 13.2. The van der Waals surface area contributed by atoms with E-state index in [4.69, 9.17) is 16.7 Å². The molecule has 0 unspecified atom stereocenters. The van der Waals surface area contributed by atoms with Crippen molar-refractivity contribution in [1.29, 1.82) is 0 Å². The highest BCUT2D eigenvalue weighted by Gasteiger charge is 2.36. The first kappa shape index (κ1) is 20.6. The summed E-state index contributed by atoms with van der Waals surface area (Å²) < 4.78 is 13.2. The average Bonchev–Trinajstić information content (AvgIpc) is 2.92. The van der Waals surface area contributed by atoms with E-state index in [0.717, 1.165) is 11.0 Å². The van der Waals surface area contributed by atoms with Gasteiger partial charge in [0, 0.05) is 5.69 Å². The first-order chi connectivity index (χ1) is 13.7. The second-order valence-corrected chi connectivity index (χ2v) is 7.27. The molecule has 7 nitrogen and oxygen atoms in total. The number of hydrogen-bond donors (Lipinski definition) is 2. The van der Waals surface area contributed by atoms with Crippen LogP contribution in [-0.4, -0.2) is 39.6 Å². The van der Waals surface area contributed by atoms with Crippen LogP contribution in [0.1, 0.15) is 15.9 Å². The van der Waals surface area contributed by atoms with Crippen LogP contribution in [-0.2, 0) is 9.59 Å². The van der Waals surface area contributed by atoms with Crippen molar-refractivity contribution in [2.24, 2.45) is 0 Å². The van der Waals surface area contributed by atoms with E-state index in [-0.39, 0.29) is 21.2 Å². The molecule has 3 amide bonds. The molecule has 1 aliphatic rings. The zero-order valence-electron chi connectivity index (χ0n) is 14.5. The Morgan fingerprint density at radius 2 is 1.86 bits per heavy atom. The maximum Gasteiger partial charge on any atom is 0.335 e. The van der Waals surface area contributed by atoms with Crippen LogP contribution in [0.15, 0.2) is 47.4 Å². The number of carboxylic acid groups (broad SMARTS) is 1. The predicted octanol–water partition coefficient (Wildman–Crippen LogP) is 3.85. The summed E-state index contributed by atoms with van der Waals surface area (Å²) in [6.07, 6.45) is 1.44. The van der Waals surface area contributed by atoms with Crippen molar-refractivity contribution in [3.63, 3.8) is 0 Å². The highest BCUT2D eigenvalue weighted by Crippen LogP contribution is 2.32. The summed E-state index contributed by atoms with van der Waals surface area (Å²) in [4.78, 5) is 48.5. The predicted molar refractivity (Wildman–Crippen MR) is 106 cm³/mol. The number of thioether (sulfide) groups is 1. The van der Waals surface area contributed by atoms with Crippen molar-refractivity contribution in [3.8, 4) is 0 Å². The Labute approximate surface area is 173 Å². The number of carbonyl (C=O) groups excluding carboxylic acids is 3. The Hall–Kier alpha value is -3.17. The summed E-state index contributed by atoms with van der Waals surface area (Å²) in [5, 5.41) is 10.5. The number of aromatic carboxylic acids is 1. The van der Waals surface area contributed by atoms with Crippen LogP contribution in [0.25, 0.3) is 6.08 Å². The number of anilines is 1. The summed E-state index contributed by atoms with van der Waals surface area (Å²) in [5.41, 5.74) is 0.848. The SMILES string of the molecule is O=C(CN1C(=O)S/C(=C\c2ccc(C(=O)O)cc2)C1=O)Nc1ccc(F)c(Cl)c1. The third-order valence-electron chi connectivity index (χ3n) is 3.83. The number of carboxylic acids is 1. The molecular weight excluding hydrogens is 423 g/mol. The number of amides is 3. The average molecular weight is 435 g/mol. The number of carbonyl (C=O) groups is 4. The van der Waals surface area contributed by atoms with Gasteiger partial charge in [-0.05, 0) is 53.7 Å². The Balaban J connectivity index is 1.68. The summed E-state index contributed by atoms with van der Waals surface area (Å²) >= 11 is 6.32. The minimum Gasteiger partial charge on any atom is -0.478 e. The van der Waals surface area contributed by atoms with Gasteiger partial charge >= 0.3 is 5.97 Å². The maximum atomic E-state index is 13.2. The van der Waals surface area contributed by atoms with Crippen LogP contribution in [0.3, 0.4) is 0 Å². The summed E-state index contributed by atoms with van der Waals surface area (Å²) in [6.45, 7) is -0.519. The van der Waals surface area contributed by atoms with Gasteiger partial charge in [0.1, 0.15) is 12.4 Å². The molecule has 2 aromatic carbocycles. The number of halogens is 2. The van der Waals surface area contributed by atoms with Crippen molar-refractivity contribution in [2.45, 2.75) is 0 Å². The Morgan fingerprint density at radius 1 is 1.17 bits per heavy atom. The van der Waals surface area contributed by atoms with Gasteiger partial charge in [0.15, 0.2) is 0 Å². The van der Waals surface area contributed by atoms with Crippen molar-refractivity contribution in [2.75, 3.05) is 11.9 Å². The van der Waals surface area contributed by atoms with Crippen molar-refractivity contribution >= 4 is 58.1 Å². The number of rotatable bonds is 5. The molecular formula is C19H12ClFN2O5S. The number of hydrogen-bond acceptors (Lipinski definition) is 5. The van der Waals surface area contributed by atoms with Crippen molar-refractivity contribution < 1.29 is 28.7 Å². The van der Waals surface area contributed by atoms with Gasteiger partial charge in [-0.1, -0.05) is 23.7 Å². The van der Waals surface area contributed by atoms with E-state index in [1.54, 1.807) is 0 Å². The Kier molecular flexibility index (Phi) is 6.00. The van der Waals surface area contributed by atoms with Crippen LogP contribution in [0.4, 0.5) is 14.9 Å². The van der Waals surface area contributed by atoms with E-state index >= 15 is 0 Å². The molecule has 148 valence electrons. The summed E-state index contributed by atoms with van der Waals surface area (Å²) in [5.74, 6) is -3.01. The minimum atomic E-state index is -1.08. The van der Waals surface area contributed by atoms with Gasteiger partial charge in [-0.25, -0.2) is 9.18 Å². The fourth-order valence-corrected chi connectivity index (χ4v) is 3.45. The van der Waals surface area contributed by atoms with E-state index < -0.39 is 35.4 Å². The molecule has 0 spiro atoms. The monoisotopic (exact) mass is 434 g/mol. The minimum absolute atomic E-state index is 0.0906. The number of nitrogens with zero attached hydrogens (tertiary/aromatic N) is 1. The molecule has 1 fully saturated rings. The molecule has 10 heteroatoms. The van der Waals surface area contributed by atoms with Gasteiger partial charge in [0.05, 0.1) is 15.5 Å². The first-order valence-electron chi connectivity index (χ1n) is 8.08. The molecule has 0 aliphatic carbocycles. The van der Waals surface area contributed by atoms with Gasteiger partial charge in [-0.3, -0.25) is 19.3 Å². The van der Waals surface area contributed by atoms with E-state index in [0.29, 0.717) is 17.3 Å². The second-order valence-electron chi connectivity index (χ2n) is 5.87. The lowest BCUT2D eigenvalue weighted by atomic mass is 10.1. The van der Waals surface area contributed by atoms with Crippen LogP contribution in [0, 0.1) is 5.82 Å². The third kappa shape index (κ3) is 4.82. The van der Waals surface area contributed by atoms with E-state index in [9.17, 15) is 23.6 Å². The van der Waals surface area contributed by atoms with Gasteiger partial charge in [-0.2, -0.15) is 0 Å². The standard InChI is InChI=1S/C19H12ClFN2O5S/c20-13-8-12(5-6-14(13)21)22-16(24)9-23-17(25)15(29-19(23)28)7-10-1-3-11(4-2-10)18(26)27/h1-8H,9H2,(H,22,24)(H,26,27)/b15-7-. The Morgan fingerprint density at radius 3 is 2.48 bits per heavy atom. The molecule has 1 aliphatic heterocycles. The molecule has 0 radical (unpaired) electrons. The van der Waals surface area contributed by atoms with Gasteiger partial charge in [0.2, 0.25) is 5.91 Å². The topological polar surface area (TPSA) is 104 Å². The van der Waals surface area contributed by atoms with E-state index in [1.165, 1.54) is 42.5 Å². The lowest BCUT2D eigenvalue weighted by Gasteiger charge is -2.12. The summed E-state index contributed by atoms with van der Waals surface area (Å²) in [6, 6.07) is 9.34. The van der Waals surface area contributed by atoms with E-state index in [2.05, 4.69) is 5.32 Å². The van der Waals surface area contributed by atoms with Crippen molar-refractivity contribution in [1.82, 2.24) is 4.90 Å². The molecule has 0 aromatic heterocycles. The number of nitrogens with one attached hydrogen (secondary N) is 1. The Bertz CT molecular complexity index is 1060. The van der Waals surface area contributed by atoms with Crippen LogP contribution >= 0.6 is 23.4 Å². The highest BCUT2D eigenvalue weighted by molar-refractivity contribution is 8.18. The first-order valence-corrected chi connectivity index (χ1v) is 9.27. The zero-order valence-corrected chi connectivity index (χ0v) is 16.1. The molecule has 1 saturated heterocycles. The van der Waals surface area contributed by atoms with Crippen LogP contribution < -0.4 is 5.32 Å². The molecule has 0 bridgehead atoms. The zero-order chi connectivity index (χ0) is 21.1. The fraction of sp³-hybridized carbons (Fsp3) is 0.0526. The number of imide groups is 1. The van der Waals surface area contributed by atoms with Gasteiger partial charge < -0.3 is 10.4 Å². The van der Waals surface area contributed by atoms with Gasteiger partial charge in [-0.15, -0.1) is 0 Å². The van der Waals surface area contributed by atoms with Crippen LogP contribution in [0.2, 0.25) is 5.02 Å². The molecule has 2 aromatic rings. The molecule has 1 heterocycles. The molecule has 29 heavy (non-hydrogen) atoms. The lowest BCUT2D eigenvalue weighted by Crippen LogP contribution is -2.36. The second kappa shape index (κ2) is 8.46. The number of benzene rings is 2. The molecule has 3 rings (SSSR count). The molecule has 0 atom stereocenters. The van der Waals surface area contributed by atoms with Gasteiger partial charge in [0.25, 0.3) is 11.1 Å². The fourth-order valence-electron chi connectivity index (χ4n) is 2.43. The summed E-state index contributed by atoms with van der Waals surface area (Å²) in [7, 11) is 0. The third-order valence-corrected chi connectivity index (χ3v) is 5.03. The lowest BCUT2D eigenvalue weighted by molar-refractivity contribution is -0.127.